The number of rotatable bonds is 6. The van der Waals surface area contributed by atoms with Crippen LogP contribution in [-0.4, -0.2) is 25.6 Å². The van der Waals surface area contributed by atoms with Crippen molar-refractivity contribution in [3.63, 3.8) is 0 Å². The van der Waals surface area contributed by atoms with Gasteiger partial charge in [-0.25, -0.2) is 0 Å². The Hall–Kier alpha value is -1.69. The third-order valence-electron chi connectivity index (χ3n) is 2.77. The van der Waals surface area contributed by atoms with E-state index in [0.717, 1.165) is 23.4 Å². The first-order valence-corrected chi connectivity index (χ1v) is 7.00. The van der Waals surface area contributed by atoms with E-state index in [9.17, 15) is 4.79 Å². The molecule has 4 N–H and O–H groups in total. The van der Waals surface area contributed by atoms with E-state index in [1.54, 1.807) is 7.11 Å². The Bertz CT molecular complexity index is 506. The topological polar surface area (TPSA) is 76.4 Å². The lowest BCUT2D eigenvalue weighted by molar-refractivity contribution is 0.0956. The van der Waals surface area contributed by atoms with Crippen LogP contribution in [0.5, 0.6) is 5.75 Å². The second kappa shape index (κ2) is 5.52. The molecule has 5 nitrogen and oxygen atoms in total. The van der Waals surface area contributed by atoms with Crippen LogP contribution in [0.4, 0.5) is 10.7 Å². The van der Waals surface area contributed by atoms with Gasteiger partial charge in [-0.3, -0.25) is 4.79 Å². The summed E-state index contributed by atoms with van der Waals surface area (Å²) >= 11 is 1.32. The summed E-state index contributed by atoms with van der Waals surface area (Å²) in [6, 6.07) is 0.312. The average Bonchev–Trinajstić information content (AvgIpc) is 3.09. The highest BCUT2D eigenvalue weighted by Gasteiger charge is 2.27. The molecule has 6 heteroatoms. The zero-order valence-electron chi connectivity index (χ0n) is 11.2. The van der Waals surface area contributed by atoms with Crippen LogP contribution >= 0.6 is 11.3 Å². The maximum Gasteiger partial charge on any atom is 0.263 e. The molecule has 0 aliphatic heterocycles. The van der Waals surface area contributed by atoms with Crippen molar-refractivity contribution < 1.29 is 9.53 Å². The number of hydrogen-bond acceptors (Lipinski definition) is 5. The Balaban J connectivity index is 2.18. The van der Waals surface area contributed by atoms with Gasteiger partial charge in [0.1, 0.15) is 15.6 Å². The molecule has 0 atom stereocenters. The summed E-state index contributed by atoms with van der Waals surface area (Å²) in [5.41, 5.74) is 7.38. The predicted molar refractivity (Wildman–Crippen MR) is 79.1 cm³/mol. The van der Waals surface area contributed by atoms with E-state index in [4.69, 9.17) is 10.5 Å². The van der Waals surface area contributed by atoms with E-state index in [-0.39, 0.29) is 5.91 Å². The van der Waals surface area contributed by atoms with Crippen LogP contribution in [0.15, 0.2) is 12.2 Å². The number of ether oxygens (including phenoxy) is 1. The molecule has 0 saturated heterocycles. The number of anilines is 2. The minimum Gasteiger partial charge on any atom is -0.492 e. The zero-order chi connectivity index (χ0) is 14.0. The number of amides is 1. The van der Waals surface area contributed by atoms with Crippen LogP contribution in [-0.2, 0) is 0 Å². The third-order valence-corrected chi connectivity index (χ3v) is 3.92. The molecule has 0 unspecified atom stereocenters. The molecule has 1 aromatic rings. The molecule has 0 radical (unpaired) electrons. The van der Waals surface area contributed by atoms with E-state index in [1.807, 2.05) is 6.92 Å². The van der Waals surface area contributed by atoms with Gasteiger partial charge in [0.2, 0.25) is 0 Å². The highest BCUT2D eigenvalue weighted by atomic mass is 32.1. The van der Waals surface area contributed by atoms with E-state index >= 15 is 0 Å². The molecule has 1 aliphatic rings. The number of methoxy groups -OCH3 is 1. The lowest BCUT2D eigenvalue weighted by atomic mass is 10.3. The summed E-state index contributed by atoms with van der Waals surface area (Å²) in [7, 11) is 1.55. The van der Waals surface area contributed by atoms with Gasteiger partial charge < -0.3 is 21.1 Å². The van der Waals surface area contributed by atoms with E-state index in [2.05, 4.69) is 17.2 Å². The van der Waals surface area contributed by atoms with Gasteiger partial charge in [0.05, 0.1) is 7.11 Å². The Morgan fingerprint density at radius 2 is 2.26 bits per heavy atom. The second-order valence-electron chi connectivity index (χ2n) is 4.77. The fourth-order valence-electron chi connectivity index (χ4n) is 1.63. The van der Waals surface area contributed by atoms with Gasteiger partial charge in [-0.15, -0.1) is 11.3 Å². The Morgan fingerprint density at radius 1 is 1.58 bits per heavy atom. The highest BCUT2D eigenvalue weighted by molar-refractivity contribution is 7.19. The lowest BCUT2D eigenvalue weighted by Gasteiger charge is -2.06. The lowest BCUT2D eigenvalue weighted by Crippen LogP contribution is -2.25. The molecule has 1 saturated carbocycles. The van der Waals surface area contributed by atoms with Crippen molar-refractivity contribution in [2.45, 2.75) is 25.8 Å². The average molecular weight is 281 g/mol. The Labute approximate surface area is 116 Å². The third kappa shape index (κ3) is 3.20. The molecule has 0 bridgehead atoms. The summed E-state index contributed by atoms with van der Waals surface area (Å²) in [6.07, 6.45) is 2.10. The summed E-state index contributed by atoms with van der Waals surface area (Å²) < 4.78 is 5.27. The van der Waals surface area contributed by atoms with Crippen LogP contribution in [0.2, 0.25) is 0 Å². The molecule has 1 heterocycles. The minimum atomic E-state index is -0.119. The summed E-state index contributed by atoms with van der Waals surface area (Å²) in [5.74, 6) is 0.416. The fourth-order valence-corrected chi connectivity index (χ4v) is 2.62. The normalized spacial score (nSPS) is 14.0. The van der Waals surface area contributed by atoms with Crippen molar-refractivity contribution in [1.82, 2.24) is 5.32 Å². The molecule has 0 spiro atoms. The number of hydrogen-bond donors (Lipinski definition) is 3. The molecule has 104 valence electrons. The summed E-state index contributed by atoms with van der Waals surface area (Å²) in [6.45, 7) is 6.38. The molecular formula is C13H19N3O2S. The molecule has 19 heavy (non-hydrogen) atoms. The van der Waals surface area contributed by atoms with Crippen LogP contribution in [0.25, 0.3) is 0 Å². The largest absolute Gasteiger partial charge is 0.492 e. The van der Waals surface area contributed by atoms with Gasteiger partial charge in [0, 0.05) is 12.6 Å². The first-order chi connectivity index (χ1) is 9.02. The smallest absolute Gasteiger partial charge is 0.263 e. The first-order valence-electron chi connectivity index (χ1n) is 6.18. The van der Waals surface area contributed by atoms with Gasteiger partial charge >= 0.3 is 0 Å². The number of carbonyl (C=O) groups excluding carboxylic acids is 1. The van der Waals surface area contributed by atoms with Gasteiger partial charge in [0.15, 0.2) is 5.75 Å². The van der Waals surface area contributed by atoms with Crippen LogP contribution < -0.4 is 21.1 Å². The standard InChI is InChI=1S/C13H19N3O2S/c1-7(2)6-15-13-10(18-3)9(14)11(19-13)12(17)16-8-4-5-8/h8,15H,1,4-6,14H2,2-3H3,(H,16,17). The van der Waals surface area contributed by atoms with Gasteiger partial charge in [0.25, 0.3) is 5.91 Å². The van der Waals surface area contributed by atoms with Crippen molar-refractivity contribution in [3.05, 3.63) is 17.0 Å². The molecule has 1 fully saturated rings. The second-order valence-corrected chi connectivity index (χ2v) is 5.79. The minimum absolute atomic E-state index is 0.119. The number of nitrogen functional groups attached to an aromatic ring is 1. The van der Waals surface area contributed by atoms with Crippen LogP contribution in [0.3, 0.4) is 0 Å². The maximum atomic E-state index is 12.1. The number of thiophene rings is 1. The first kappa shape index (κ1) is 13.7. The van der Waals surface area contributed by atoms with Crippen molar-refractivity contribution in [1.29, 1.82) is 0 Å². The van der Waals surface area contributed by atoms with E-state index in [0.29, 0.717) is 28.9 Å². The van der Waals surface area contributed by atoms with Crippen molar-refractivity contribution in [3.8, 4) is 5.75 Å². The molecule has 1 amide bonds. The van der Waals surface area contributed by atoms with E-state index < -0.39 is 0 Å². The van der Waals surface area contributed by atoms with Gasteiger partial charge in [-0.1, -0.05) is 12.2 Å². The maximum absolute atomic E-state index is 12.1. The van der Waals surface area contributed by atoms with Gasteiger partial charge in [-0.2, -0.15) is 0 Å². The van der Waals surface area contributed by atoms with E-state index in [1.165, 1.54) is 11.3 Å². The predicted octanol–water partition coefficient (Wildman–Crippen LogP) is 2.22. The van der Waals surface area contributed by atoms with Gasteiger partial charge in [-0.05, 0) is 19.8 Å². The molecule has 1 aliphatic carbocycles. The Kier molecular flexibility index (Phi) is 3.99. The summed E-state index contributed by atoms with van der Waals surface area (Å²) in [5, 5.41) is 6.88. The SMILES string of the molecule is C=C(C)CNc1sc(C(=O)NC2CC2)c(N)c1OC. The van der Waals surface area contributed by atoms with Crippen molar-refractivity contribution >= 4 is 27.9 Å². The number of nitrogens with one attached hydrogen (secondary N) is 2. The summed E-state index contributed by atoms with van der Waals surface area (Å²) in [4.78, 5) is 12.6. The molecule has 1 aromatic heterocycles. The quantitative estimate of drug-likeness (QED) is 0.699. The zero-order valence-corrected chi connectivity index (χ0v) is 12.0. The fraction of sp³-hybridized carbons (Fsp3) is 0.462. The monoisotopic (exact) mass is 281 g/mol. The molecular weight excluding hydrogens is 262 g/mol. The Morgan fingerprint density at radius 3 is 2.79 bits per heavy atom. The molecule has 2 rings (SSSR count). The van der Waals surface area contributed by atoms with Crippen LogP contribution in [0, 0.1) is 0 Å². The highest BCUT2D eigenvalue weighted by Crippen LogP contribution is 2.42. The number of nitrogens with two attached hydrogens (primary N) is 1. The molecule has 0 aromatic carbocycles. The number of carbonyl (C=O) groups is 1. The van der Waals surface area contributed by atoms with Crippen LogP contribution in [0.1, 0.15) is 29.4 Å². The van der Waals surface area contributed by atoms with Crippen molar-refractivity contribution in [2.75, 3.05) is 24.7 Å². The van der Waals surface area contributed by atoms with Crippen molar-refractivity contribution in [2.24, 2.45) is 0 Å².